The zero-order valence-corrected chi connectivity index (χ0v) is 28.2. The summed E-state index contributed by atoms with van der Waals surface area (Å²) in [5.41, 5.74) is 3.05. The number of ether oxygens (including phenoxy) is 2. The van der Waals surface area contributed by atoms with E-state index in [0.29, 0.717) is 16.6 Å². The Morgan fingerprint density at radius 3 is 2.61 bits per heavy atom. The number of cyclic esters (lactones) is 1. The summed E-state index contributed by atoms with van der Waals surface area (Å²) in [7, 11) is -4.10. The van der Waals surface area contributed by atoms with Crippen LogP contribution in [0.4, 0.5) is 23.7 Å². The van der Waals surface area contributed by atoms with Gasteiger partial charge in [-0.2, -0.15) is 4.31 Å². The number of fused-ring (bicyclic) bond motifs is 1. The molecule has 16 heteroatoms. The first kappa shape index (κ1) is 36.0. The fourth-order valence-electron chi connectivity index (χ4n) is 5.31. The molecule has 1 aromatic heterocycles. The van der Waals surface area contributed by atoms with Crippen LogP contribution >= 0.6 is 11.3 Å². The molecule has 0 saturated carbocycles. The number of nitrogens with one attached hydrogen (secondary N) is 1. The normalized spacial score (nSPS) is 17.2. The number of benzene rings is 3. The van der Waals surface area contributed by atoms with E-state index in [9.17, 15) is 36.3 Å². The van der Waals surface area contributed by atoms with E-state index >= 15 is 0 Å². The summed E-state index contributed by atoms with van der Waals surface area (Å²) >= 11 is 1.31. The molecule has 262 valence electrons. The quantitative estimate of drug-likeness (QED) is 0.178. The van der Waals surface area contributed by atoms with E-state index in [1.54, 1.807) is 48.0 Å². The lowest BCUT2D eigenvalue weighted by Gasteiger charge is -2.31. The van der Waals surface area contributed by atoms with Gasteiger partial charge < -0.3 is 19.9 Å². The molecule has 0 radical (unpaired) electrons. The Morgan fingerprint density at radius 1 is 1.14 bits per heavy atom. The molecule has 1 aliphatic heterocycles. The van der Waals surface area contributed by atoms with Gasteiger partial charge in [0.25, 0.3) is 5.91 Å². The van der Waals surface area contributed by atoms with Gasteiger partial charge in [0, 0.05) is 19.2 Å². The molecule has 0 spiro atoms. The Morgan fingerprint density at radius 2 is 1.90 bits per heavy atom. The van der Waals surface area contributed by atoms with E-state index in [0.717, 1.165) is 22.6 Å². The van der Waals surface area contributed by atoms with Crippen LogP contribution in [0.3, 0.4) is 0 Å². The number of carbonyl (C=O) groups excluding carboxylic acids is 2. The van der Waals surface area contributed by atoms with Crippen molar-refractivity contribution in [2.45, 2.75) is 56.2 Å². The third-order valence-electron chi connectivity index (χ3n) is 8.10. The van der Waals surface area contributed by atoms with Crippen LogP contribution in [0.25, 0.3) is 10.2 Å². The molecular formula is C33H35F3N4O7S2. The van der Waals surface area contributed by atoms with Gasteiger partial charge in [0.1, 0.15) is 5.75 Å². The Labute approximate surface area is 285 Å². The first-order chi connectivity index (χ1) is 23.2. The van der Waals surface area contributed by atoms with Gasteiger partial charge in [-0.15, -0.1) is 24.5 Å². The van der Waals surface area contributed by atoms with Crippen LogP contribution in [0.15, 0.2) is 83.2 Å². The van der Waals surface area contributed by atoms with E-state index in [1.165, 1.54) is 33.8 Å². The molecule has 4 aromatic rings. The van der Waals surface area contributed by atoms with E-state index < -0.39 is 52.4 Å². The highest BCUT2D eigenvalue weighted by Gasteiger charge is 2.40. The molecule has 0 aliphatic carbocycles. The molecule has 5 rings (SSSR count). The van der Waals surface area contributed by atoms with Crippen molar-refractivity contribution in [3.8, 4) is 5.75 Å². The lowest BCUT2D eigenvalue weighted by molar-refractivity contribution is -0.274. The number of nitrogens with zero attached hydrogens (tertiary/aromatic N) is 3. The van der Waals surface area contributed by atoms with Crippen molar-refractivity contribution in [3.63, 3.8) is 0 Å². The molecule has 2 N–H and O–H groups in total. The second kappa shape index (κ2) is 15.1. The highest BCUT2D eigenvalue weighted by molar-refractivity contribution is 7.89. The molecule has 49 heavy (non-hydrogen) atoms. The molecule has 0 unspecified atom stereocenters. The minimum atomic E-state index is -4.94. The van der Waals surface area contributed by atoms with E-state index in [2.05, 4.69) is 15.0 Å². The van der Waals surface area contributed by atoms with Gasteiger partial charge in [-0.05, 0) is 48.2 Å². The lowest BCUT2D eigenvalue weighted by atomic mass is 10.0. The minimum Gasteiger partial charge on any atom is -0.434 e. The van der Waals surface area contributed by atoms with Gasteiger partial charge in [0.05, 0.1) is 45.0 Å². The molecule has 1 saturated heterocycles. The standard InChI is InChI=1S/C33H35F3N4O7S2/c1-3-21(2)17-39(49(44,45)25-12-13-26-30(16-25)48-20-37-26)18-28(41)27(14-22-8-5-4-6-9-22)38-31(42)29-19-40(32(43)46-29)23-10-7-11-24(15-23)47-33(34,35)36/h4-13,15-16,20-21,27-29,41H,3,14,17-19H2,1-2H3,(H,38,42)/t21-,27-,28+,29-/m0/s1. The van der Waals surface area contributed by atoms with Gasteiger partial charge in [-0.3, -0.25) is 9.69 Å². The molecule has 1 aliphatic rings. The van der Waals surface area contributed by atoms with Gasteiger partial charge in [0.2, 0.25) is 10.0 Å². The number of halogens is 3. The summed E-state index contributed by atoms with van der Waals surface area (Å²) in [6, 6.07) is 17.3. The van der Waals surface area contributed by atoms with Crippen LogP contribution in [0.2, 0.25) is 0 Å². The second-order valence-corrected chi connectivity index (χ2v) is 14.5. The molecule has 1 fully saturated rings. The topological polar surface area (TPSA) is 138 Å². The molecule has 2 amide bonds. The summed E-state index contributed by atoms with van der Waals surface area (Å²) in [6.45, 7) is 3.25. The zero-order chi connectivity index (χ0) is 35.3. The average molecular weight is 721 g/mol. The third-order valence-corrected chi connectivity index (χ3v) is 10.7. The van der Waals surface area contributed by atoms with Crippen molar-refractivity contribution in [1.82, 2.24) is 14.6 Å². The zero-order valence-electron chi connectivity index (χ0n) is 26.5. The van der Waals surface area contributed by atoms with E-state index in [-0.39, 0.29) is 42.6 Å². The summed E-state index contributed by atoms with van der Waals surface area (Å²) in [5.74, 6) is -1.38. The fourth-order valence-corrected chi connectivity index (χ4v) is 7.71. The number of amides is 2. The van der Waals surface area contributed by atoms with Crippen molar-refractivity contribution in [3.05, 3.63) is 83.9 Å². The Hall–Kier alpha value is -4.25. The number of hydrogen-bond acceptors (Lipinski definition) is 9. The molecule has 0 bridgehead atoms. The van der Waals surface area contributed by atoms with Crippen molar-refractivity contribution in [2.75, 3.05) is 24.5 Å². The van der Waals surface area contributed by atoms with Crippen LogP contribution < -0.4 is 15.0 Å². The first-order valence-electron chi connectivity index (χ1n) is 15.4. The third kappa shape index (κ3) is 9.06. The first-order valence-corrected chi connectivity index (χ1v) is 17.7. The number of aromatic nitrogens is 1. The van der Waals surface area contributed by atoms with Crippen molar-refractivity contribution in [2.24, 2.45) is 5.92 Å². The van der Waals surface area contributed by atoms with Crippen LogP contribution in [0.5, 0.6) is 5.75 Å². The summed E-state index contributed by atoms with van der Waals surface area (Å²) in [5, 5.41) is 14.4. The van der Waals surface area contributed by atoms with Crippen LogP contribution in [0.1, 0.15) is 25.8 Å². The Balaban J connectivity index is 1.36. The number of carbonyl (C=O) groups is 2. The number of aliphatic hydroxyl groups is 1. The van der Waals surface area contributed by atoms with Gasteiger partial charge >= 0.3 is 12.5 Å². The van der Waals surface area contributed by atoms with Crippen molar-refractivity contribution < 1.29 is 45.8 Å². The minimum absolute atomic E-state index is 0.0188. The maximum atomic E-state index is 14.0. The Bertz CT molecular complexity index is 1870. The molecule has 2 heterocycles. The number of hydrogen-bond donors (Lipinski definition) is 2. The van der Waals surface area contributed by atoms with Crippen LogP contribution in [0, 0.1) is 5.92 Å². The average Bonchev–Trinajstić information content (AvgIpc) is 3.70. The Kier molecular flexibility index (Phi) is 11.1. The predicted octanol–water partition coefficient (Wildman–Crippen LogP) is 5.35. The highest BCUT2D eigenvalue weighted by atomic mass is 32.2. The van der Waals surface area contributed by atoms with Gasteiger partial charge in [-0.25, -0.2) is 18.2 Å². The lowest BCUT2D eigenvalue weighted by Crippen LogP contribution is -2.53. The van der Waals surface area contributed by atoms with Crippen molar-refractivity contribution in [1.29, 1.82) is 0 Å². The summed E-state index contributed by atoms with van der Waals surface area (Å²) in [6.07, 6.45) is -7.91. The largest absolute Gasteiger partial charge is 0.573 e. The van der Waals surface area contributed by atoms with E-state index in [1.807, 2.05) is 13.8 Å². The molecular weight excluding hydrogens is 686 g/mol. The summed E-state index contributed by atoms with van der Waals surface area (Å²) in [4.78, 5) is 31.5. The number of sulfonamides is 1. The summed E-state index contributed by atoms with van der Waals surface area (Å²) < 4.78 is 77.3. The number of alkyl halides is 3. The van der Waals surface area contributed by atoms with Gasteiger partial charge in [0.15, 0.2) is 6.10 Å². The maximum Gasteiger partial charge on any atom is 0.573 e. The van der Waals surface area contributed by atoms with Gasteiger partial charge in [-0.1, -0.05) is 56.7 Å². The van der Waals surface area contributed by atoms with Crippen LogP contribution in [-0.2, 0) is 26.0 Å². The fraction of sp³-hybridized carbons (Fsp3) is 0.364. The molecule has 4 atom stereocenters. The molecule has 11 nitrogen and oxygen atoms in total. The smallest absolute Gasteiger partial charge is 0.434 e. The maximum absolute atomic E-state index is 14.0. The SMILES string of the molecule is CC[C@H](C)CN(C[C@@H](O)[C@H](Cc1ccccc1)NC(=O)[C@@H]1CN(c2cccc(OC(F)(F)F)c2)C(=O)O1)S(=O)(=O)c1ccc2ncsc2c1. The predicted molar refractivity (Wildman–Crippen MR) is 177 cm³/mol. The van der Waals surface area contributed by atoms with Crippen LogP contribution in [-0.4, -0.2) is 79.1 Å². The number of anilines is 1. The van der Waals surface area contributed by atoms with E-state index in [4.69, 9.17) is 4.74 Å². The number of aliphatic hydroxyl groups excluding tert-OH is 1. The number of thiazole rings is 1. The van der Waals surface area contributed by atoms with Crippen molar-refractivity contribution >= 4 is 49.3 Å². The highest BCUT2D eigenvalue weighted by Crippen LogP contribution is 2.30. The second-order valence-electron chi connectivity index (χ2n) is 11.7. The number of rotatable bonds is 14. The monoisotopic (exact) mass is 720 g/mol. The molecule has 3 aromatic carbocycles.